The highest BCUT2D eigenvalue weighted by Crippen LogP contribution is 2.29. The number of aryl methyl sites for hydroxylation is 1. The van der Waals surface area contributed by atoms with Gasteiger partial charge in [0.1, 0.15) is 19.2 Å². The summed E-state index contributed by atoms with van der Waals surface area (Å²) in [6.07, 6.45) is 7.38. The fraction of sp³-hybridized carbons (Fsp3) is 0.391. The van der Waals surface area contributed by atoms with Gasteiger partial charge in [0.15, 0.2) is 5.82 Å². The molecule has 10 heteroatoms. The fourth-order valence-electron chi connectivity index (χ4n) is 4.33. The molecule has 2 heterocycles. The minimum Gasteiger partial charge on any atom is -0.384 e. The topological polar surface area (TPSA) is 112 Å². The molecule has 0 unspecified atom stereocenters. The van der Waals surface area contributed by atoms with Gasteiger partial charge in [-0.1, -0.05) is 35.8 Å². The monoisotopic (exact) mass is 467 g/mol. The SMILES string of the molecule is BC1=C(S(=O)(=O)NCCCCn2c(CCOC)nc3c(N)nc4ccccc4c32)CCC=C1. The van der Waals surface area contributed by atoms with Crippen molar-refractivity contribution in [2.45, 2.75) is 38.6 Å². The van der Waals surface area contributed by atoms with Crippen LogP contribution in [0.5, 0.6) is 0 Å². The molecule has 0 saturated carbocycles. The molecule has 1 aromatic carbocycles. The average molecular weight is 467 g/mol. The summed E-state index contributed by atoms with van der Waals surface area (Å²) in [6, 6.07) is 7.91. The molecular weight excluding hydrogens is 437 g/mol. The van der Waals surface area contributed by atoms with Gasteiger partial charge in [-0.25, -0.2) is 23.1 Å². The van der Waals surface area contributed by atoms with E-state index in [9.17, 15) is 8.42 Å². The number of unbranched alkanes of at least 4 members (excludes halogenated alkanes) is 1. The van der Waals surface area contributed by atoms with Crippen LogP contribution in [0.25, 0.3) is 21.9 Å². The maximum atomic E-state index is 12.7. The summed E-state index contributed by atoms with van der Waals surface area (Å²) in [4.78, 5) is 9.79. The quantitative estimate of drug-likeness (QED) is 0.350. The Hall–Kier alpha value is -2.69. The number of hydrogen-bond acceptors (Lipinski definition) is 6. The Labute approximate surface area is 195 Å². The van der Waals surface area contributed by atoms with Crippen molar-refractivity contribution in [1.82, 2.24) is 19.3 Å². The van der Waals surface area contributed by atoms with Crippen LogP contribution in [0.15, 0.2) is 46.8 Å². The normalized spacial score (nSPS) is 14.6. The maximum Gasteiger partial charge on any atom is 0.236 e. The van der Waals surface area contributed by atoms with Crippen molar-refractivity contribution >= 4 is 45.6 Å². The smallest absolute Gasteiger partial charge is 0.236 e. The second-order valence-corrected chi connectivity index (χ2v) is 10.1. The Morgan fingerprint density at radius 2 is 2.06 bits per heavy atom. The highest BCUT2D eigenvalue weighted by Gasteiger charge is 2.20. The zero-order chi connectivity index (χ0) is 23.4. The minimum atomic E-state index is -3.44. The van der Waals surface area contributed by atoms with Crippen molar-refractivity contribution in [2.24, 2.45) is 0 Å². The van der Waals surface area contributed by atoms with Gasteiger partial charge in [0.05, 0.1) is 22.5 Å². The molecule has 0 radical (unpaired) electrons. The maximum absolute atomic E-state index is 12.7. The van der Waals surface area contributed by atoms with Crippen molar-refractivity contribution in [3.05, 3.63) is 52.6 Å². The summed E-state index contributed by atoms with van der Waals surface area (Å²) in [6.45, 7) is 1.65. The summed E-state index contributed by atoms with van der Waals surface area (Å²) >= 11 is 0. The summed E-state index contributed by atoms with van der Waals surface area (Å²) in [5.74, 6) is 1.31. The molecule has 0 fully saturated rings. The Morgan fingerprint density at radius 3 is 2.85 bits per heavy atom. The number of allylic oxidation sites excluding steroid dienone is 4. The van der Waals surface area contributed by atoms with E-state index in [1.165, 1.54) is 0 Å². The van der Waals surface area contributed by atoms with Crippen molar-refractivity contribution in [2.75, 3.05) is 26.0 Å². The lowest BCUT2D eigenvalue weighted by atomic mass is 9.90. The number of nitrogens with one attached hydrogen (secondary N) is 1. The Balaban J connectivity index is 1.51. The standard InChI is InChI=1S/C23H30BN5O3S/c1-32-15-12-20-28-21-22(16-8-2-4-10-18(16)27-23(21)25)29(20)14-7-6-13-26-33(30,31)19-11-5-3-9-17(19)24/h2-4,8-10,26H,5-7,11-15,24H2,1H3,(H2,25,27). The third-order valence-corrected chi connectivity index (χ3v) is 7.75. The number of imidazole rings is 1. The molecule has 4 rings (SSSR count). The number of nitrogens with two attached hydrogens (primary N) is 1. The number of para-hydroxylation sites is 1. The van der Waals surface area contributed by atoms with Gasteiger partial charge < -0.3 is 15.0 Å². The first-order valence-electron chi connectivity index (χ1n) is 11.3. The number of rotatable bonds is 10. The number of ether oxygens (including phenoxy) is 1. The molecular formula is C23H30BN5O3S. The third kappa shape index (κ3) is 4.97. The van der Waals surface area contributed by atoms with Crippen molar-refractivity contribution in [1.29, 1.82) is 0 Å². The van der Waals surface area contributed by atoms with Gasteiger partial charge in [-0.05, 0) is 31.7 Å². The number of pyridine rings is 1. The van der Waals surface area contributed by atoms with Crippen LogP contribution < -0.4 is 10.5 Å². The predicted molar refractivity (Wildman–Crippen MR) is 135 cm³/mol. The molecule has 174 valence electrons. The van der Waals surface area contributed by atoms with Gasteiger partial charge in [0.2, 0.25) is 10.0 Å². The second kappa shape index (κ2) is 10.1. The summed E-state index contributed by atoms with van der Waals surface area (Å²) in [7, 11) is 0.0802. The van der Waals surface area contributed by atoms with Crippen LogP contribution in [0.3, 0.4) is 0 Å². The number of fused-ring (bicyclic) bond motifs is 3. The van der Waals surface area contributed by atoms with Gasteiger partial charge in [-0.3, -0.25) is 0 Å². The van der Waals surface area contributed by atoms with Crippen LogP contribution >= 0.6 is 0 Å². The zero-order valence-corrected chi connectivity index (χ0v) is 20.0. The molecule has 3 N–H and O–H groups in total. The van der Waals surface area contributed by atoms with E-state index in [1.54, 1.807) is 7.11 Å². The van der Waals surface area contributed by atoms with Crippen molar-refractivity contribution in [3.63, 3.8) is 0 Å². The van der Waals surface area contributed by atoms with Crippen molar-refractivity contribution < 1.29 is 13.2 Å². The van der Waals surface area contributed by atoms with E-state index < -0.39 is 10.0 Å². The van der Waals surface area contributed by atoms with Crippen LogP contribution in [0, 0.1) is 0 Å². The number of hydrogen-bond donors (Lipinski definition) is 2. The number of sulfonamides is 1. The molecule has 33 heavy (non-hydrogen) atoms. The Bertz CT molecular complexity index is 1330. The number of nitrogen functional groups attached to an aromatic ring is 1. The number of benzene rings is 1. The average Bonchev–Trinajstić information content (AvgIpc) is 3.17. The number of aromatic nitrogens is 3. The van der Waals surface area contributed by atoms with E-state index in [1.807, 2.05) is 44.3 Å². The third-order valence-electron chi connectivity index (χ3n) is 5.99. The molecule has 8 nitrogen and oxygen atoms in total. The molecule has 0 aliphatic heterocycles. The highest BCUT2D eigenvalue weighted by molar-refractivity contribution is 7.93. The van der Waals surface area contributed by atoms with Crippen LogP contribution in [-0.2, 0) is 27.7 Å². The van der Waals surface area contributed by atoms with Gasteiger partial charge in [0, 0.05) is 32.0 Å². The molecule has 0 amide bonds. The van der Waals surface area contributed by atoms with E-state index in [0.29, 0.717) is 55.2 Å². The van der Waals surface area contributed by atoms with E-state index in [2.05, 4.69) is 14.3 Å². The predicted octanol–water partition coefficient (Wildman–Crippen LogP) is 2.25. The Morgan fingerprint density at radius 1 is 1.24 bits per heavy atom. The first-order valence-corrected chi connectivity index (χ1v) is 12.8. The van der Waals surface area contributed by atoms with E-state index in [-0.39, 0.29) is 0 Å². The molecule has 1 aliphatic rings. The van der Waals surface area contributed by atoms with Crippen LogP contribution in [0.1, 0.15) is 31.5 Å². The van der Waals surface area contributed by atoms with Gasteiger partial charge in [0.25, 0.3) is 0 Å². The molecule has 0 bridgehead atoms. The number of methoxy groups -OCH3 is 1. The van der Waals surface area contributed by atoms with E-state index in [0.717, 1.165) is 40.6 Å². The summed E-state index contributed by atoms with van der Waals surface area (Å²) in [5.41, 5.74) is 9.56. The lowest BCUT2D eigenvalue weighted by molar-refractivity contribution is 0.199. The molecule has 3 aromatic rings. The van der Waals surface area contributed by atoms with Gasteiger partial charge in [-0.15, -0.1) is 0 Å². The van der Waals surface area contributed by atoms with Crippen LogP contribution in [0.2, 0.25) is 0 Å². The second-order valence-electron chi connectivity index (χ2n) is 8.29. The lowest BCUT2D eigenvalue weighted by Gasteiger charge is -2.15. The molecule has 1 aliphatic carbocycles. The van der Waals surface area contributed by atoms with E-state index in [4.69, 9.17) is 15.5 Å². The minimum absolute atomic E-state index is 0.396. The van der Waals surface area contributed by atoms with Gasteiger partial charge >= 0.3 is 0 Å². The molecule has 0 atom stereocenters. The van der Waals surface area contributed by atoms with Gasteiger partial charge in [-0.2, -0.15) is 0 Å². The van der Waals surface area contributed by atoms with Crippen LogP contribution in [-0.4, -0.2) is 51.1 Å². The highest BCUT2D eigenvalue weighted by atomic mass is 32.2. The first-order chi connectivity index (χ1) is 15.9. The first kappa shape index (κ1) is 23.5. The van der Waals surface area contributed by atoms with Crippen molar-refractivity contribution in [3.8, 4) is 0 Å². The molecule has 0 spiro atoms. The van der Waals surface area contributed by atoms with E-state index >= 15 is 0 Å². The zero-order valence-electron chi connectivity index (χ0n) is 19.2. The number of nitrogens with zero attached hydrogens (tertiary/aromatic N) is 3. The number of anilines is 1. The molecule has 0 saturated heterocycles. The fourth-order valence-corrected chi connectivity index (χ4v) is 5.80. The largest absolute Gasteiger partial charge is 0.384 e. The molecule has 2 aromatic heterocycles. The lowest BCUT2D eigenvalue weighted by Crippen LogP contribution is -2.27. The van der Waals surface area contributed by atoms with Crippen LogP contribution in [0.4, 0.5) is 5.82 Å². The summed E-state index contributed by atoms with van der Waals surface area (Å²) < 4.78 is 35.6. The summed E-state index contributed by atoms with van der Waals surface area (Å²) in [5, 5.41) is 1.01. The Kier molecular flexibility index (Phi) is 7.16.